The van der Waals surface area contributed by atoms with Crippen LogP contribution in [0.25, 0.3) is 0 Å². The molecule has 0 spiro atoms. The molecule has 0 saturated carbocycles. The van der Waals surface area contributed by atoms with Crippen molar-refractivity contribution in [1.82, 2.24) is 0 Å². The summed E-state index contributed by atoms with van der Waals surface area (Å²) in [5.41, 5.74) is 2.76. The van der Waals surface area contributed by atoms with Gasteiger partial charge in [-0.1, -0.05) is 17.7 Å². The van der Waals surface area contributed by atoms with Gasteiger partial charge in [-0.3, -0.25) is 4.79 Å². The minimum atomic E-state index is -0.324. The number of thiophene rings is 1. The molecule has 1 aliphatic heterocycles. The van der Waals surface area contributed by atoms with Crippen molar-refractivity contribution in [3.05, 3.63) is 45.3 Å². The Balaban J connectivity index is 1.35. The zero-order valence-electron chi connectivity index (χ0n) is 17.1. The number of carbonyl (C=O) groups excluding carboxylic acids is 2. The van der Waals surface area contributed by atoms with Gasteiger partial charge in [0.2, 0.25) is 0 Å². The van der Waals surface area contributed by atoms with Gasteiger partial charge in [0.05, 0.1) is 38.3 Å². The van der Waals surface area contributed by atoms with E-state index in [-0.39, 0.29) is 11.9 Å². The van der Waals surface area contributed by atoms with Gasteiger partial charge in [0.1, 0.15) is 5.00 Å². The Morgan fingerprint density at radius 2 is 2.07 bits per heavy atom. The number of aryl methyl sites for hydroxylation is 1. The Morgan fingerprint density at radius 1 is 1.27 bits per heavy atom. The first-order valence-electron chi connectivity index (χ1n) is 10.5. The van der Waals surface area contributed by atoms with Crippen LogP contribution in [0.15, 0.2) is 24.3 Å². The number of benzene rings is 1. The molecule has 6 nitrogen and oxygen atoms in total. The monoisotopic (exact) mass is 448 g/mol. The quantitative estimate of drug-likeness (QED) is 0.666. The molecule has 0 atom stereocenters. The Bertz CT molecular complexity index is 938. The number of nitrogens with one attached hydrogen (secondary N) is 2. The van der Waals surface area contributed by atoms with Crippen molar-refractivity contribution in [2.75, 3.05) is 49.5 Å². The summed E-state index contributed by atoms with van der Waals surface area (Å²) in [6, 6.07) is 7.88. The van der Waals surface area contributed by atoms with E-state index in [1.165, 1.54) is 21.1 Å². The standard InChI is InChI=1S/C22H26ClN3O3S/c1-2-29-22(28)20-17-7-4-8-18(17)30-21(20)24-19(27)14-25-9-11-26(12-10-25)16-6-3-5-15(23)13-16/h3,5-6,13H,2,4,7-12,14H2,1H3,(H,24,27)/p+1. The molecule has 0 radical (unpaired) electrons. The number of nitrogens with zero attached hydrogens (tertiary/aromatic N) is 1. The third-order valence-corrected chi connectivity index (χ3v) is 7.15. The predicted molar refractivity (Wildman–Crippen MR) is 120 cm³/mol. The van der Waals surface area contributed by atoms with E-state index in [1.807, 2.05) is 18.2 Å². The number of halogens is 1. The fourth-order valence-electron chi connectivity index (χ4n) is 4.24. The first-order chi connectivity index (χ1) is 14.5. The molecule has 4 rings (SSSR count). The van der Waals surface area contributed by atoms with Crippen LogP contribution in [0.3, 0.4) is 0 Å². The van der Waals surface area contributed by atoms with Crippen LogP contribution in [0.2, 0.25) is 5.02 Å². The van der Waals surface area contributed by atoms with Crippen molar-refractivity contribution in [2.45, 2.75) is 26.2 Å². The maximum Gasteiger partial charge on any atom is 0.341 e. The van der Waals surface area contributed by atoms with Crippen molar-refractivity contribution in [2.24, 2.45) is 0 Å². The average Bonchev–Trinajstić information content (AvgIpc) is 3.29. The first-order valence-corrected chi connectivity index (χ1v) is 11.7. The lowest BCUT2D eigenvalue weighted by Crippen LogP contribution is -3.15. The number of anilines is 2. The molecule has 2 aromatic rings. The number of hydrogen-bond acceptors (Lipinski definition) is 5. The number of carbonyl (C=O) groups is 2. The van der Waals surface area contributed by atoms with Gasteiger partial charge < -0.3 is 19.9 Å². The first kappa shape index (κ1) is 21.2. The van der Waals surface area contributed by atoms with Crippen LogP contribution in [0.4, 0.5) is 10.7 Å². The molecule has 1 saturated heterocycles. The largest absolute Gasteiger partial charge is 0.462 e. The van der Waals surface area contributed by atoms with E-state index in [9.17, 15) is 9.59 Å². The van der Waals surface area contributed by atoms with Crippen molar-refractivity contribution < 1.29 is 19.2 Å². The van der Waals surface area contributed by atoms with Gasteiger partial charge in [-0.05, 0) is 49.9 Å². The summed E-state index contributed by atoms with van der Waals surface area (Å²) in [5.74, 6) is -0.374. The topological polar surface area (TPSA) is 63.1 Å². The van der Waals surface area contributed by atoms with Gasteiger partial charge in [-0.2, -0.15) is 0 Å². The SMILES string of the molecule is CCOC(=O)c1c(NC(=O)C[NH+]2CCN(c3cccc(Cl)c3)CC2)sc2c1CCC2. The lowest BCUT2D eigenvalue weighted by Gasteiger charge is -2.33. The number of ether oxygens (including phenoxy) is 1. The Labute approximate surface area is 185 Å². The summed E-state index contributed by atoms with van der Waals surface area (Å²) in [7, 11) is 0. The van der Waals surface area contributed by atoms with Gasteiger partial charge >= 0.3 is 5.97 Å². The Hall–Kier alpha value is -2.09. The molecule has 1 aromatic carbocycles. The highest BCUT2D eigenvalue weighted by atomic mass is 35.5. The minimum Gasteiger partial charge on any atom is -0.462 e. The van der Waals surface area contributed by atoms with E-state index < -0.39 is 0 Å². The van der Waals surface area contributed by atoms with Crippen molar-refractivity contribution in [1.29, 1.82) is 0 Å². The summed E-state index contributed by atoms with van der Waals surface area (Å²) >= 11 is 7.63. The lowest BCUT2D eigenvalue weighted by molar-refractivity contribution is -0.892. The summed E-state index contributed by atoms with van der Waals surface area (Å²) in [4.78, 5) is 29.9. The minimum absolute atomic E-state index is 0.0494. The zero-order valence-corrected chi connectivity index (χ0v) is 18.7. The molecule has 0 bridgehead atoms. The molecule has 2 aliphatic rings. The number of piperazine rings is 1. The molecule has 1 aliphatic carbocycles. The van der Waals surface area contributed by atoms with Gasteiger partial charge in [-0.15, -0.1) is 11.3 Å². The molecule has 1 amide bonds. The summed E-state index contributed by atoms with van der Waals surface area (Å²) in [5, 5.41) is 4.39. The summed E-state index contributed by atoms with van der Waals surface area (Å²) in [6.07, 6.45) is 2.91. The molecule has 160 valence electrons. The summed E-state index contributed by atoms with van der Waals surface area (Å²) in [6.45, 7) is 6.05. The fourth-order valence-corrected chi connectivity index (χ4v) is 5.72. The number of hydrogen-bond donors (Lipinski definition) is 2. The van der Waals surface area contributed by atoms with E-state index in [2.05, 4.69) is 16.3 Å². The zero-order chi connectivity index (χ0) is 21.1. The van der Waals surface area contributed by atoms with Crippen molar-refractivity contribution in [3.63, 3.8) is 0 Å². The maximum atomic E-state index is 12.7. The van der Waals surface area contributed by atoms with Gasteiger partial charge in [0, 0.05) is 15.6 Å². The number of esters is 1. The third-order valence-electron chi connectivity index (χ3n) is 5.71. The highest BCUT2D eigenvalue weighted by Crippen LogP contribution is 2.39. The van der Waals surface area contributed by atoms with Gasteiger partial charge in [0.25, 0.3) is 5.91 Å². The van der Waals surface area contributed by atoms with Crippen LogP contribution in [-0.2, 0) is 22.4 Å². The Kier molecular flexibility index (Phi) is 6.61. The van der Waals surface area contributed by atoms with Crippen molar-refractivity contribution in [3.8, 4) is 0 Å². The van der Waals surface area contributed by atoms with Crippen LogP contribution in [0.1, 0.15) is 34.1 Å². The molecule has 2 heterocycles. The van der Waals surface area contributed by atoms with Crippen LogP contribution in [0.5, 0.6) is 0 Å². The second kappa shape index (κ2) is 9.37. The predicted octanol–water partition coefficient (Wildman–Crippen LogP) is 2.41. The van der Waals surface area contributed by atoms with E-state index in [0.717, 1.165) is 61.7 Å². The second-order valence-electron chi connectivity index (χ2n) is 7.72. The molecule has 8 heteroatoms. The molecule has 2 N–H and O–H groups in total. The van der Waals surface area contributed by atoms with Gasteiger partial charge in [-0.25, -0.2) is 4.79 Å². The number of quaternary nitrogens is 1. The normalized spacial score (nSPS) is 16.4. The molecule has 1 fully saturated rings. The maximum absolute atomic E-state index is 12.7. The third kappa shape index (κ3) is 4.63. The van der Waals surface area contributed by atoms with E-state index in [1.54, 1.807) is 6.92 Å². The summed E-state index contributed by atoms with van der Waals surface area (Å²) < 4.78 is 5.24. The Morgan fingerprint density at radius 3 is 2.80 bits per heavy atom. The van der Waals surface area contributed by atoms with E-state index >= 15 is 0 Å². The number of fused-ring (bicyclic) bond motifs is 1. The molecule has 30 heavy (non-hydrogen) atoms. The highest BCUT2D eigenvalue weighted by Gasteiger charge is 2.29. The number of rotatable bonds is 6. The molecule has 0 unspecified atom stereocenters. The molecular formula is C22H27ClN3O3S+. The highest BCUT2D eigenvalue weighted by molar-refractivity contribution is 7.17. The average molecular weight is 449 g/mol. The fraction of sp³-hybridized carbons (Fsp3) is 0.455. The van der Waals surface area contributed by atoms with Gasteiger partial charge in [0.15, 0.2) is 6.54 Å². The molecule has 1 aromatic heterocycles. The lowest BCUT2D eigenvalue weighted by atomic mass is 10.1. The van der Waals surface area contributed by atoms with Crippen LogP contribution in [-0.4, -0.2) is 51.2 Å². The second-order valence-corrected chi connectivity index (χ2v) is 9.27. The van der Waals surface area contributed by atoms with Crippen LogP contribution < -0.4 is 15.1 Å². The van der Waals surface area contributed by atoms with Crippen LogP contribution >= 0.6 is 22.9 Å². The van der Waals surface area contributed by atoms with Crippen LogP contribution in [0, 0.1) is 0 Å². The van der Waals surface area contributed by atoms with E-state index in [0.29, 0.717) is 23.7 Å². The smallest absolute Gasteiger partial charge is 0.341 e. The number of amides is 1. The van der Waals surface area contributed by atoms with E-state index in [4.69, 9.17) is 16.3 Å². The molecular weight excluding hydrogens is 422 g/mol. The van der Waals surface area contributed by atoms with Crippen molar-refractivity contribution >= 4 is 45.5 Å².